The molecule has 3 aromatic heterocycles. The van der Waals surface area contributed by atoms with E-state index >= 15 is 0 Å². The van der Waals surface area contributed by atoms with E-state index in [1.54, 1.807) is 44.6 Å². The van der Waals surface area contributed by atoms with Crippen molar-refractivity contribution in [2.45, 2.75) is 19.4 Å². The second-order valence-electron chi connectivity index (χ2n) is 6.21. The number of nitrogens with one attached hydrogen (secondary N) is 3. The number of hydrogen-bond acceptors (Lipinski definition) is 5. The van der Waals surface area contributed by atoms with Crippen LogP contribution in [0.25, 0.3) is 22.4 Å². The predicted molar refractivity (Wildman–Crippen MR) is 103 cm³/mol. The van der Waals surface area contributed by atoms with Gasteiger partial charge in [0, 0.05) is 38.9 Å². The summed E-state index contributed by atoms with van der Waals surface area (Å²) in [6.45, 7) is 2.74. The number of hydrogen-bond donors (Lipinski definition) is 3. The van der Waals surface area contributed by atoms with E-state index in [-0.39, 0.29) is 15.3 Å². The summed E-state index contributed by atoms with van der Waals surface area (Å²) in [5.41, 5.74) is 0.460. The molecule has 0 unspecified atom stereocenters. The molecule has 7 nitrogen and oxygen atoms in total. The van der Waals surface area contributed by atoms with Gasteiger partial charge in [-0.1, -0.05) is 11.6 Å². The third-order valence-electron chi connectivity index (χ3n) is 3.78. The second-order valence-corrected chi connectivity index (χ2v) is 6.65. The van der Waals surface area contributed by atoms with Crippen LogP contribution in [0.4, 0.5) is 10.2 Å². The number of aromatic nitrogens is 4. The van der Waals surface area contributed by atoms with Crippen LogP contribution in [0.2, 0.25) is 5.02 Å². The van der Waals surface area contributed by atoms with Crippen molar-refractivity contribution in [1.82, 2.24) is 25.3 Å². The number of fused-ring (bicyclic) bond motifs is 1. The summed E-state index contributed by atoms with van der Waals surface area (Å²) in [5.74, 6) is 0.614. The molecule has 0 bridgehead atoms. The van der Waals surface area contributed by atoms with Crippen LogP contribution in [0, 0.1) is 0 Å². The van der Waals surface area contributed by atoms with Crippen LogP contribution in [-0.4, -0.2) is 44.6 Å². The van der Waals surface area contributed by atoms with Crippen molar-refractivity contribution in [1.29, 1.82) is 0 Å². The molecule has 0 aromatic carbocycles. The molecule has 0 saturated heterocycles. The van der Waals surface area contributed by atoms with E-state index in [0.717, 1.165) is 10.9 Å². The Morgan fingerprint density at radius 3 is 3.00 bits per heavy atom. The van der Waals surface area contributed by atoms with Gasteiger partial charge in [-0.15, -0.1) is 0 Å². The molecule has 3 N–H and O–H groups in total. The summed E-state index contributed by atoms with van der Waals surface area (Å²) in [6, 6.07) is 3.45. The summed E-state index contributed by atoms with van der Waals surface area (Å²) in [7, 11) is 0. The number of nitrogens with zero attached hydrogens (tertiary/aromatic N) is 3. The van der Waals surface area contributed by atoms with E-state index in [0.29, 0.717) is 22.3 Å². The molecule has 0 aliphatic carbocycles. The third kappa shape index (κ3) is 3.75. The fourth-order valence-corrected chi connectivity index (χ4v) is 2.64. The number of amides is 1. The quantitative estimate of drug-likeness (QED) is 0.608. The zero-order valence-corrected chi connectivity index (χ0v) is 15.1. The lowest BCUT2D eigenvalue weighted by atomic mass is 10.0. The highest BCUT2D eigenvalue weighted by Gasteiger charge is 2.27. The van der Waals surface area contributed by atoms with Crippen LogP contribution in [-0.2, 0) is 4.79 Å². The van der Waals surface area contributed by atoms with Crippen molar-refractivity contribution < 1.29 is 12.0 Å². The molecule has 0 aliphatic heterocycles. The van der Waals surface area contributed by atoms with E-state index < -0.39 is 12.2 Å². The van der Waals surface area contributed by atoms with E-state index in [1.807, 2.05) is 0 Å². The Bertz CT molecular complexity index is 952. The number of halogens is 2. The second kappa shape index (κ2) is 7.25. The maximum Gasteiger partial charge on any atom is 0.245 e. The average molecular weight is 381 g/mol. The highest BCUT2D eigenvalue weighted by Crippen LogP contribution is 2.27. The van der Waals surface area contributed by atoms with Gasteiger partial charge in [-0.05, 0) is 26.0 Å². The minimum Gasteiger partial charge on any atom is -0.356 e. The van der Waals surface area contributed by atoms with Crippen molar-refractivity contribution >= 4 is 34.4 Å². The summed E-state index contributed by atoms with van der Waals surface area (Å²) >= 11 is 6.03. The highest BCUT2D eigenvalue weighted by molar-refractivity contribution is 6.31. The molecule has 3 rings (SSSR count). The van der Waals surface area contributed by atoms with Crippen molar-refractivity contribution in [3.8, 4) is 11.4 Å². The first-order valence-corrected chi connectivity index (χ1v) is 8.37. The van der Waals surface area contributed by atoms with Crippen molar-refractivity contribution in [2.24, 2.45) is 0 Å². The Morgan fingerprint density at radius 2 is 2.23 bits per heavy atom. The number of carbonyl (C=O) groups excluding carboxylic acids is 1. The van der Waals surface area contributed by atoms with Crippen LogP contribution in [0.1, 0.15) is 16.7 Å². The number of rotatable bonds is 6. The fourth-order valence-electron chi connectivity index (χ4n) is 2.48. The van der Waals surface area contributed by atoms with Gasteiger partial charge in [0.05, 0.1) is 5.02 Å². The molecular formula is C17H22ClFN6O. The Morgan fingerprint density at radius 1 is 1.42 bits per heavy atom. The molecule has 9 heteroatoms. The highest BCUT2D eigenvalue weighted by atomic mass is 35.5. The first-order chi connectivity index (χ1) is 12.4. The average Bonchev–Trinajstić information content (AvgIpc) is 3.02. The molecular weight excluding hydrogens is 359 g/mol. The lowest BCUT2D eigenvalue weighted by Crippen LogP contribution is -2.48. The minimum atomic E-state index is -0.966. The standard InChI is InChI=1S/C17H18ClFN6O.2H2/c1-17(2,16(26)21-6-4-19)25-13-3-5-20-15(24-13)12-9-23-14-11(12)7-10(18)8-22-14;;/h3,5,7-9H,4,6H2,1-2H3,(H,21,26)(H,22,23)(H,20,24,25);2*1H. The van der Waals surface area contributed by atoms with Crippen molar-refractivity contribution in [3.63, 3.8) is 0 Å². The van der Waals surface area contributed by atoms with Gasteiger partial charge in [0.2, 0.25) is 5.91 Å². The first kappa shape index (κ1) is 18.1. The molecule has 0 spiro atoms. The van der Waals surface area contributed by atoms with E-state index in [9.17, 15) is 9.18 Å². The van der Waals surface area contributed by atoms with Gasteiger partial charge in [0.25, 0.3) is 0 Å². The topological polar surface area (TPSA) is 95.6 Å². The number of aromatic amines is 1. The van der Waals surface area contributed by atoms with E-state index in [1.165, 1.54) is 0 Å². The number of carbonyl (C=O) groups is 1. The lowest BCUT2D eigenvalue weighted by Gasteiger charge is -2.25. The smallest absolute Gasteiger partial charge is 0.245 e. The Balaban J connectivity index is 0.00000196. The molecule has 0 radical (unpaired) electrons. The zero-order chi connectivity index (χ0) is 18.7. The van der Waals surface area contributed by atoms with E-state index in [2.05, 4.69) is 30.6 Å². The van der Waals surface area contributed by atoms with E-state index in [4.69, 9.17) is 11.6 Å². The Hall–Kier alpha value is -2.74. The molecule has 1 amide bonds. The van der Waals surface area contributed by atoms with Gasteiger partial charge in [-0.3, -0.25) is 4.79 Å². The number of anilines is 1. The largest absolute Gasteiger partial charge is 0.356 e. The van der Waals surface area contributed by atoms with Crippen LogP contribution in [0.5, 0.6) is 0 Å². The number of pyridine rings is 1. The molecule has 3 heterocycles. The molecule has 140 valence electrons. The molecule has 0 aliphatic rings. The van der Waals surface area contributed by atoms with Gasteiger partial charge >= 0.3 is 0 Å². The SMILES string of the molecule is CC(C)(Nc1ccnc(-c2c[nH]c3ncc(Cl)cc23)n1)C(=O)NCCF.[HH].[HH]. The third-order valence-corrected chi connectivity index (χ3v) is 3.99. The van der Waals surface area contributed by atoms with Crippen LogP contribution >= 0.6 is 11.6 Å². The molecule has 0 fully saturated rings. The summed E-state index contributed by atoms with van der Waals surface area (Å²) in [4.78, 5) is 28.2. The number of alkyl halides is 1. The lowest BCUT2D eigenvalue weighted by molar-refractivity contribution is -0.124. The zero-order valence-electron chi connectivity index (χ0n) is 14.3. The number of H-pyrrole nitrogens is 1. The summed E-state index contributed by atoms with van der Waals surface area (Å²) in [5, 5.41) is 6.88. The molecule has 0 atom stereocenters. The van der Waals surface area contributed by atoms with Crippen LogP contribution < -0.4 is 10.6 Å². The normalized spacial score (nSPS) is 11.5. The fraction of sp³-hybridized carbons (Fsp3) is 0.294. The van der Waals surface area contributed by atoms with Crippen molar-refractivity contribution in [2.75, 3.05) is 18.5 Å². The van der Waals surface area contributed by atoms with Gasteiger partial charge in [0.15, 0.2) is 5.82 Å². The molecule has 26 heavy (non-hydrogen) atoms. The van der Waals surface area contributed by atoms with Crippen LogP contribution in [0.15, 0.2) is 30.7 Å². The summed E-state index contributed by atoms with van der Waals surface area (Å²) in [6.07, 6.45) is 4.91. The monoisotopic (exact) mass is 380 g/mol. The van der Waals surface area contributed by atoms with Crippen molar-refractivity contribution in [3.05, 3.63) is 35.7 Å². The van der Waals surface area contributed by atoms with Gasteiger partial charge < -0.3 is 15.6 Å². The predicted octanol–water partition coefficient (Wildman–Crippen LogP) is 3.44. The van der Waals surface area contributed by atoms with Gasteiger partial charge in [-0.25, -0.2) is 19.3 Å². The Labute approximate surface area is 157 Å². The maximum atomic E-state index is 12.3. The van der Waals surface area contributed by atoms with Gasteiger partial charge in [0.1, 0.15) is 23.7 Å². The molecule has 0 saturated carbocycles. The molecule has 3 aromatic rings. The summed E-state index contributed by atoms with van der Waals surface area (Å²) < 4.78 is 12.3. The van der Waals surface area contributed by atoms with Gasteiger partial charge in [-0.2, -0.15) is 0 Å². The van der Waals surface area contributed by atoms with Crippen LogP contribution in [0.3, 0.4) is 0 Å². The maximum absolute atomic E-state index is 12.3. The minimum absolute atomic E-state index is 0. The first-order valence-electron chi connectivity index (χ1n) is 7.99. The Kier molecular flexibility index (Phi) is 5.03.